The highest BCUT2D eigenvalue weighted by atomic mass is 16.5. The molecule has 0 aliphatic rings. The molecule has 0 atom stereocenters. The average molecular weight is 447 g/mol. The number of rotatable bonds is 12. The third-order valence-corrected chi connectivity index (χ3v) is 5.81. The zero-order chi connectivity index (χ0) is 23.9. The van der Waals surface area contributed by atoms with E-state index in [1.54, 1.807) is 0 Å². The molecule has 0 fully saturated rings. The molecule has 0 spiro atoms. The molecule has 0 amide bonds. The van der Waals surface area contributed by atoms with Crippen molar-refractivity contribution >= 4 is 0 Å². The molecule has 3 aromatic carbocycles. The number of hydrogen-bond donors (Lipinski definition) is 0. The van der Waals surface area contributed by atoms with E-state index in [1.807, 2.05) is 56.3 Å². The summed E-state index contributed by atoms with van der Waals surface area (Å²) >= 11 is 0. The van der Waals surface area contributed by atoms with E-state index < -0.39 is 0 Å². The molecule has 0 saturated carbocycles. The van der Waals surface area contributed by atoms with Crippen LogP contribution in [0, 0.1) is 0 Å². The second kappa shape index (κ2) is 14.4. The van der Waals surface area contributed by atoms with Gasteiger partial charge in [0.25, 0.3) is 0 Å². The van der Waals surface area contributed by atoms with E-state index in [1.165, 1.54) is 42.4 Å². The van der Waals surface area contributed by atoms with Crippen molar-refractivity contribution in [3.05, 3.63) is 95.6 Å². The Morgan fingerprint density at radius 3 is 1.58 bits per heavy atom. The Kier molecular flexibility index (Phi) is 11.6. The molecule has 2 heteroatoms. The van der Waals surface area contributed by atoms with Gasteiger partial charge >= 0.3 is 0 Å². The fourth-order valence-electron chi connectivity index (χ4n) is 3.75. The largest absolute Gasteiger partial charge is 0.489 e. The average Bonchev–Trinajstić information content (AvgIpc) is 2.86. The minimum Gasteiger partial charge on any atom is -0.489 e. The lowest BCUT2D eigenvalue weighted by atomic mass is 9.80. The molecule has 0 bridgehead atoms. The Labute approximate surface area is 202 Å². The SMILES string of the molecule is CC.CCCCCCC(C)(C)c1cc(OCc2ccccc2)cc(OCc2ccccc2)c1. The molecule has 0 saturated heterocycles. The maximum absolute atomic E-state index is 6.18. The summed E-state index contributed by atoms with van der Waals surface area (Å²) in [4.78, 5) is 0. The summed E-state index contributed by atoms with van der Waals surface area (Å²) in [6, 6.07) is 27.0. The van der Waals surface area contributed by atoms with Crippen molar-refractivity contribution in [3.63, 3.8) is 0 Å². The highest BCUT2D eigenvalue weighted by Gasteiger charge is 2.22. The molecular weight excluding hydrogens is 404 g/mol. The van der Waals surface area contributed by atoms with Gasteiger partial charge in [-0.1, -0.05) is 121 Å². The second-order valence-electron chi connectivity index (χ2n) is 8.94. The molecule has 0 heterocycles. The lowest BCUT2D eigenvalue weighted by Gasteiger charge is -2.27. The zero-order valence-corrected chi connectivity index (χ0v) is 21.3. The van der Waals surface area contributed by atoms with Gasteiger partial charge in [-0.05, 0) is 40.7 Å². The van der Waals surface area contributed by atoms with E-state index in [2.05, 4.69) is 57.2 Å². The van der Waals surface area contributed by atoms with Crippen molar-refractivity contribution in [2.24, 2.45) is 0 Å². The van der Waals surface area contributed by atoms with Gasteiger partial charge in [-0.15, -0.1) is 0 Å². The summed E-state index contributed by atoms with van der Waals surface area (Å²) in [5, 5.41) is 0. The molecule has 0 radical (unpaired) electrons. The predicted octanol–water partition coefficient (Wildman–Crippen LogP) is 9.12. The van der Waals surface area contributed by atoms with E-state index >= 15 is 0 Å². The van der Waals surface area contributed by atoms with Gasteiger partial charge in [-0.3, -0.25) is 0 Å². The van der Waals surface area contributed by atoms with E-state index in [0.29, 0.717) is 13.2 Å². The summed E-state index contributed by atoms with van der Waals surface area (Å²) in [6.45, 7) is 12.0. The van der Waals surface area contributed by atoms with Gasteiger partial charge in [-0.25, -0.2) is 0 Å². The minimum absolute atomic E-state index is 0.0741. The molecule has 0 aliphatic heterocycles. The van der Waals surface area contributed by atoms with Crippen LogP contribution in [0.3, 0.4) is 0 Å². The van der Waals surface area contributed by atoms with Gasteiger partial charge in [0.05, 0.1) is 0 Å². The van der Waals surface area contributed by atoms with Gasteiger partial charge in [0.2, 0.25) is 0 Å². The van der Waals surface area contributed by atoms with Crippen molar-refractivity contribution in [2.45, 2.75) is 85.4 Å². The summed E-state index contributed by atoms with van der Waals surface area (Å²) in [5.41, 5.74) is 3.68. The van der Waals surface area contributed by atoms with E-state index in [0.717, 1.165) is 17.9 Å². The first-order chi connectivity index (χ1) is 16.1. The number of hydrogen-bond acceptors (Lipinski definition) is 2. The van der Waals surface area contributed by atoms with E-state index in [9.17, 15) is 0 Å². The van der Waals surface area contributed by atoms with Crippen LogP contribution in [0.15, 0.2) is 78.9 Å². The molecule has 33 heavy (non-hydrogen) atoms. The van der Waals surface area contributed by atoms with Crippen molar-refractivity contribution in [3.8, 4) is 11.5 Å². The van der Waals surface area contributed by atoms with Gasteiger partial charge in [0.15, 0.2) is 0 Å². The monoisotopic (exact) mass is 446 g/mol. The van der Waals surface area contributed by atoms with Crippen molar-refractivity contribution < 1.29 is 9.47 Å². The van der Waals surface area contributed by atoms with Crippen LogP contribution in [0.5, 0.6) is 11.5 Å². The second-order valence-corrected chi connectivity index (χ2v) is 8.94. The van der Waals surface area contributed by atoms with Crippen LogP contribution in [0.2, 0.25) is 0 Å². The first kappa shape index (κ1) is 26.5. The molecule has 3 rings (SSSR count). The van der Waals surface area contributed by atoms with Crippen LogP contribution in [-0.2, 0) is 18.6 Å². The summed E-state index contributed by atoms with van der Waals surface area (Å²) in [6.07, 6.45) is 6.27. The fourth-order valence-corrected chi connectivity index (χ4v) is 3.75. The molecule has 0 unspecified atom stereocenters. The van der Waals surface area contributed by atoms with E-state index in [-0.39, 0.29) is 5.41 Å². The quantitative estimate of drug-likeness (QED) is 0.258. The van der Waals surface area contributed by atoms with Gasteiger partial charge < -0.3 is 9.47 Å². The predicted molar refractivity (Wildman–Crippen MR) is 141 cm³/mol. The minimum atomic E-state index is 0.0741. The Hall–Kier alpha value is -2.74. The van der Waals surface area contributed by atoms with E-state index in [4.69, 9.17) is 9.47 Å². The molecular formula is C31H42O2. The first-order valence-corrected chi connectivity index (χ1v) is 12.6. The summed E-state index contributed by atoms with van der Waals surface area (Å²) in [5.74, 6) is 1.73. The normalized spacial score (nSPS) is 10.8. The zero-order valence-electron chi connectivity index (χ0n) is 21.3. The first-order valence-electron chi connectivity index (χ1n) is 12.6. The molecule has 0 aromatic heterocycles. The Morgan fingerprint density at radius 2 is 1.12 bits per heavy atom. The van der Waals surface area contributed by atoms with Crippen molar-refractivity contribution in [2.75, 3.05) is 0 Å². The maximum Gasteiger partial charge on any atom is 0.123 e. The van der Waals surface area contributed by atoms with Gasteiger partial charge in [0.1, 0.15) is 24.7 Å². The van der Waals surface area contributed by atoms with Crippen LogP contribution < -0.4 is 9.47 Å². The fraction of sp³-hybridized carbons (Fsp3) is 0.419. The molecule has 0 aliphatic carbocycles. The van der Waals surface area contributed by atoms with Crippen LogP contribution in [0.4, 0.5) is 0 Å². The van der Waals surface area contributed by atoms with Crippen molar-refractivity contribution in [1.82, 2.24) is 0 Å². The maximum atomic E-state index is 6.18. The van der Waals surface area contributed by atoms with Gasteiger partial charge in [0, 0.05) is 6.07 Å². The highest BCUT2D eigenvalue weighted by molar-refractivity contribution is 5.42. The molecule has 2 nitrogen and oxygen atoms in total. The van der Waals surface area contributed by atoms with Crippen LogP contribution >= 0.6 is 0 Å². The summed E-state index contributed by atoms with van der Waals surface area (Å²) in [7, 11) is 0. The van der Waals surface area contributed by atoms with Crippen LogP contribution in [0.1, 0.15) is 83.4 Å². The third kappa shape index (κ3) is 9.34. The topological polar surface area (TPSA) is 18.5 Å². The lowest BCUT2D eigenvalue weighted by Crippen LogP contribution is -2.17. The smallest absolute Gasteiger partial charge is 0.123 e. The number of benzene rings is 3. The van der Waals surface area contributed by atoms with Crippen molar-refractivity contribution in [1.29, 1.82) is 0 Å². The van der Waals surface area contributed by atoms with Crippen LogP contribution in [0.25, 0.3) is 0 Å². The molecule has 0 N–H and O–H groups in total. The lowest BCUT2D eigenvalue weighted by molar-refractivity contribution is 0.287. The number of ether oxygens (including phenoxy) is 2. The third-order valence-electron chi connectivity index (χ3n) is 5.81. The standard InChI is InChI=1S/C29H36O2.C2H6/c1-4-5-6-13-18-29(2,3)26-19-27(30-22-24-14-9-7-10-15-24)21-28(20-26)31-23-25-16-11-8-12-17-25;1-2/h7-12,14-17,19-21H,4-6,13,18,22-23H2,1-3H3;1-2H3. The molecule has 178 valence electrons. The molecule has 3 aromatic rings. The Morgan fingerprint density at radius 1 is 0.636 bits per heavy atom. The summed E-state index contributed by atoms with van der Waals surface area (Å²) < 4.78 is 12.4. The Balaban J connectivity index is 0.00000187. The highest BCUT2D eigenvalue weighted by Crippen LogP contribution is 2.35. The van der Waals surface area contributed by atoms with Gasteiger partial charge in [-0.2, -0.15) is 0 Å². The Bertz CT molecular complexity index is 839. The number of unbranched alkanes of at least 4 members (excludes halogenated alkanes) is 3. The van der Waals surface area contributed by atoms with Crippen LogP contribution in [-0.4, -0.2) is 0 Å².